The average molecular weight is 421 g/mol. The van der Waals surface area contributed by atoms with Crippen LogP contribution in [0.3, 0.4) is 0 Å². The molecule has 0 unspecified atom stereocenters. The van der Waals surface area contributed by atoms with Gasteiger partial charge in [0.15, 0.2) is 12.3 Å². The summed E-state index contributed by atoms with van der Waals surface area (Å²) in [6, 6.07) is 8.82. The Balaban J connectivity index is 1.72. The van der Waals surface area contributed by atoms with Crippen LogP contribution in [0.25, 0.3) is 21.5 Å². The number of nitrogens with two attached hydrogens (primary N) is 1. The van der Waals surface area contributed by atoms with Crippen LogP contribution in [0.5, 0.6) is 0 Å². The monoisotopic (exact) mass is 420 g/mol. The molecule has 1 amide bonds. The van der Waals surface area contributed by atoms with Crippen LogP contribution < -0.4 is 15.7 Å². The number of fused-ring (bicyclic) bond motifs is 1. The first-order valence-corrected chi connectivity index (χ1v) is 9.28. The van der Waals surface area contributed by atoms with Crippen LogP contribution in [0, 0.1) is 0 Å². The van der Waals surface area contributed by atoms with Gasteiger partial charge >= 0.3 is 5.88 Å². The highest BCUT2D eigenvalue weighted by Gasteiger charge is 2.20. The number of nitrogens with one attached hydrogen (secondary N) is 1. The number of rotatable bonds is 3. The molecule has 0 aliphatic rings. The molecule has 0 aliphatic carbocycles. The van der Waals surface area contributed by atoms with Crippen molar-refractivity contribution in [3.63, 3.8) is 0 Å². The van der Waals surface area contributed by atoms with Crippen molar-refractivity contribution >= 4 is 62.2 Å². The van der Waals surface area contributed by atoms with Crippen LogP contribution in [0.1, 0.15) is 9.67 Å². The van der Waals surface area contributed by atoms with Crippen LogP contribution >= 0.6 is 34.5 Å². The Kier molecular flexibility index (Phi) is 4.47. The average Bonchev–Trinajstić information content (AvgIpc) is 3.18. The normalized spacial score (nSPS) is 11.1. The number of benzene rings is 1. The van der Waals surface area contributed by atoms with Gasteiger partial charge in [0.2, 0.25) is 0 Å². The number of anilines is 2. The third kappa shape index (κ3) is 3.34. The van der Waals surface area contributed by atoms with Gasteiger partial charge in [-0.25, -0.2) is 4.98 Å². The lowest BCUT2D eigenvalue weighted by Gasteiger charge is -2.04. The van der Waals surface area contributed by atoms with E-state index in [1.807, 2.05) is 6.07 Å². The van der Waals surface area contributed by atoms with E-state index in [0.717, 1.165) is 5.56 Å². The lowest BCUT2D eigenvalue weighted by Crippen LogP contribution is -2.28. The highest BCUT2D eigenvalue weighted by Crippen LogP contribution is 2.36. The molecule has 10 heteroatoms. The molecule has 4 rings (SSSR count). The zero-order chi connectivity index (χ0) is 19.1. The summed E-state index contributed by atoms with van der Waals surface area (Å²) in [5.41, 5.74) is 7.92. The second kappa shape index (κ2) is 6.80. The van der Waals surface area contributed by atoms with Crippen molar-refractivity contribution in [3.05, 3.63) is 51.5 Å². The fourth-order valence-corrected chi connectivity index (χ4v) is 4.06. The summed E-state index contributed by atoms with van der Waals surface area (Å²) in [5.74, 6) is -0.167. The predicted octanol–water partition coefficient (Wildman–Crippen LogP) is 3.92. The van der Waals surface area contributed by atoms with E-state index in [9.17, 15) is 4.79 Å². The minimum Gasteiger partial charge on any atom is -0.397 e. The second-order valence-corrected chi connectivity index (χ2v) is 7.56. The number of pyridine rings is 1. The maximum atomic E-state index is 12.5. The van der Waals surface area contributed by atoms with E-state index < -0.39 is 5.91 Å². The van der Waals surface area contributed by atoms with E-state index in [1.54, 1.807) is 37.5 Å². The Morgan fingerprint density at radius 2 is 2.11 bits per heavy atom. The number of aromatic nitrogens is 3. The number of nitrogen functional groups attached to an aromatic ring is 1. The van der Waals surface area contributed by atoms with Crippen molar-refractivity contribution in [1.29, 1.82) is 0 Å². The number of hydrogen-bond acceptors (Lipinski definition) is 6. The summed E-state index contributed by atoms with van der Waals surface area (Å²) in [7, 11) is 1.68. The molecule has 3 heterocycles. The predicted molar refractivity (Wildman–Crippen MR) is 105 cm³/mol. The Morgan fingerprint density at radius 3 is 2.81 bits per heavy atom. The lowest BCUT2D eigenvalue weighted by atomic mass is 10.1. The van der Waals surface area contributed by atoms with Gasteiger partial charge in [0.1, 0.15) is 9.71 Å². The fraction of sp³-hybridized carbons (Fsp3) is 0.0588. The summed E-state index contributed by atoms with van der Waals surface area (Å²) in [4.78, 5) is 18.1. The summed E-state index contributed by atoms with van der Waals surface area (Å²) < 4.78 is 6.41. The number of aryl methyl sites for hydroxylation is 1. The first kappa shape index (κ1) is 17.7. The maximum Gasteiger partial charge on any atom is 0.302 e. The first-order chi connectivity index (χ1) is 12.9. The van der Waals surface area contributed by atoms with E-state index in [2.05, 4.69) is 15.6 Å². The van der Waals surface area contributed by atoms with Crippen molar-refractivity contribution < 1.29 is 14.0 Å². The molecule has 0 saturated heterocycles. The van der Waals surface area contributed by atoms with Gasteiger partial charge in [-0.15, -0.1) is 11.3 Å². The first-order valence-electron chi connectivity index (χ1n) is 7.71. The van der Waals surface area contributed by atoms with Gasteiger partial charge in [0.05, 0.1) is 16.4 Å². The van der Waals surface area contributed by atoms with Gasteiger partial charge in [-0.05, 0) is 30.3 Å². The summed E-state index contributed by atoms with van der Waals surface area (Å²) in [6.45, 7) is 0. The molecular weight excluding hydrogens is 409 g/mol. The number of amides is 1. The summed E-state index contributed by atoms with van der Waals surface area (Å²) >= 11 is 13.4. The molecule has 0 bridgehead atoms. The van der Waals surface area contributed by atoms with Gasteiger partial charge in [0, 0.05) is 16.0 Å². The molecule has 4 aromatic rings. The largest absolute Gasteiger partial charge is 0.397 e. The minimum absolute atomic E-state index is 0.223. The molecule has 0 atom stereocenters. The Labute approximate surface area is 167 Å². The van der Waals surface area contributed by atoms with Gasteiger partial charge in [-0.1, -0.05) is 27.9 Å². The third-order valence-electron chi connectivity index (χ3n) is 3.82. The van der Waals surface area contributed by atoms with E-state index >= 15 is 0 Å². The zero-order valence-electron chi connectivity index (χ0n) is 13.9. The fourth-order valence-electron chi connectivity index (χ4n) is 2.56. The van der Waals surface area contributed by atoms with Crippen molar-refractivity contribution in [2.24, 2.45) is 7.05 Å². The van der Waals surface area contributed by atoms with Crippen molar-refractivity contribution in [2.45, 2.75) is 0 Å². The molecule has 3 aromatic heterocycles. The smallest absolute Gasteiger partial charge is 0.302 e. The van der Waals surface area contributed by atoms with Crippen LogP contribution in [-0.2, 0) is 7.05 Å². The highest BCUT2D eigenvalue weighted by molar-refractivity contribution is 7.21. The van der Waals surface area contributed by atoms with Crippen molar-refractivity contribution in [1.82, 2.24) is 10.3 Å². The molecule has 136 valence electrons. The van der Waals surface area contributed by atoms with E-state index in [1.165, 1.54) is 16.0 Å². The number of carbonyl (C=O) groups excluding carboxylic acids is 1. The highest BCUT2D eigenvalue weighted by atomic mass is 35.5. The Bertz CT molecular complexity index is 1190. The minimum atomic E-state index is -0.390. The standard InChI is InChI=1S/C17H11Cl2N5O2S/c1-24-7-13(26-23-24)22-16(25)15-14(20)10-4-5-12(21-17(10)27-15)9-3-2-8(18)6-11(9)19/h2-7H,1H3,(H2-,20,22,23,25)/p+1. The third-order valence-corrected chi connectivity index (χ3v) is 5.48. The Hall–Kier alpha value is -2.68. The lowest BCUT2D eigenvalue weighted by molar-refractivity contribution is -0.739. The molecule has 0 aliphatic heterocycles. The molecule has 0 radical (unpaired) electrons. The topological polar surface area (TPSA) is 97.9 Å². The number of carbonyl (C=O) groups is 1. The Morgan fingerprint density at radius 1 is 1.30 bits per heavy atom. The number of thiophene rings is 1. The second-order valence-electron chi connectivity index (χ2n) is 5.71. The van der Waals surface area contributed by atoms with Gasteiger partial charge in [-0.2, -0.15) is 0 Å². The molecule has 1 aromatic carbocycles. The molecule has 0 saturated carbocycles. The molecular formula is C17H12Cl2N5O2S+. The molecule has 27 heavy (non-hydrogen) atoms. The zero-order valence-corrected chi connectivity index (χ0v) is 16.2. The SMILES string of the molecule is C[n+]1cc(NC(=O)c2sc3nc(-c4ccc(Cl)cc4Cl)ccc3c2N)on1. The number of hydrogen-bond donors (Lipinski definition) is 2. The maximum absolute atomic E-state index is 12.5. The molecule has 0 fully saturated rings. The van der Waals surface area contributed by atoms with Crippen molar-refractivity contribution in [3.8, 4) is 11.3 Å². The van der Waals surface area contributed by atoms with Gasteiger partial charge in [0.25, 0.3) is 12.1 Å². The quantitative estimate of drug-likeness (QED) is 0.489. The van der Waals surface area contributed by atoms with Crippen LogP contribution in [0.4, 0.5) is 11.6 Å². The van der Waals surface area contributed by atoms with E-state index in [-0.39, 0.29) is 5.88 Å². The van der Waals surface area contributed by atoms with Crippen molar-refractivity contribution in [2.75, 3.05) is 11.1 Å². The van der Waals surface area contributed by atoms with Crippen LogP contribution in [0.2, 0.25) is 10.0 Å². The van der Waals surface area contributed by atoms with E-state index in [4.69, 9.17) is 33.5 Å². The van der Waals surface area contributed by atoms with Crippen LogP contribution in [-0.4, -0.2) is 16.2 Å². The summed E-state index contributed by atoms with van der Waals surface area (Å²) in [6.07, 6.45) is 1.54. The van der Waals surface area contributed by atoms with Gasteiger partial charge in [-0.3, -0.25) is 14.6 Å². The molecule has 0 spiro atoms. The molecule has 7 nitrogen and oxygen atoms in total. The summed E-state index contributed by atoms with van der Waals surface area (Å²) in [5, 5.41) is 8.01. The van der Waals surface area contributed by atoms with Crippen LogP contribution in [0.15, 0.2) is 41.1 Å². The van der Waals surface area contributed by atoms with E-state index in [0.29, 0.717) is 36.5 Å². The van der Waals surface area contributed by atoms with Gasteiger partial charge < -0.3 is 5.73 Å². The number of halogens is 2. The number of nitrogens with zero attached hydrogens (tertiary/aromatic N) is 3. The molecule has 3 N–H and O–H groups in total.